The lowest BCUT2D eigenvalue weighted by Gasteiger charge is -2.34. The zero-order valence-electron chi connectivity index (χ0n) is 18.0. The first-order valence-corrected chi connectivity index (χ1v) is 12.7. The zero-order valence-corrected chi connectivity index (χ0v) is 18.8. The first-order valence-electron chi connectivity index (χ1n) is 11.2. The van der Waals surface area contributed by atoms with Crippen LogP contribution < -0.4 is 0 Å². The first kappa shape index (κ1) is 21.6. The van der Waals surface area contributed by atoms with E-state index in [4.69, 9.17) is 9.47 Å². The van der Waals surface area contributed by atoms with Gasteiger partial charge < -0.3 is 14.4 Å². The average Bonchev–Trinajstić information content (AvgIpc) is 3.38. The van der Waals surface area contributed by atoms with Gasteiger partial charge in [-0.3, -0.25) is 4.79 Å². The molecule has 2 saturated heterocycles. The van der Waals surface area contributed by atoms with Crippen molar-refractivity contribution in [2.45, 2.75) is 37.0 Å². The minimum absolute atomic E-state index is 0.127. The summed E-state index contributed by atoms with van der Waals surface area (Å²) >= 11 is 0. The van der Waals surface area contributed by atoms with Crippen LogP contribution in [0.1, 0.15) is 34.3 Å². The molecule has 2 fully saturated rings. The van der Waals surface area contributed by atoms with Crippen molar-refractivity contribution in [3.05, 3.63) is 65.2 Å². The Morgan fingerprint density at radius 3 is 2.38 bits per heavy atom. The molecular weight excluding hydrogens is 428 g/mol. The molecule has 5 rings (SSSR count). The van der Waals surface area contributed by atoms with Crippen LogP contribution in [0.4, 0.5) is 0 Å². The fraction of sp³-hybridized carbons (Fsp3) is 0.458. The molecule has 0 aliphatic carbocycles. The number of nitrogens with zero attached hydrogens (tertiary/aromatic N) is 2. The SMILES string of the molecule is O=C(c1cccc(S(=O)(=O)N2CCc3ccccc3C2)c1)N1CCC(C2OCCO2)CC1. The number of likely N-dealkylation sites (tertiary alicyclic amines) is 1. The van der Waals surface area contributed by atoms with E-state index in [1.807, 2.05) is 24.3 Å². The average molecular weight is 457 g/mol. The van der Waals surface area contributed by atoms with Gasteiger partial charge in [-0.25, -0.2) is 8.42 Å². The number of piperidine rings is 1. The van der Waals surface area contributed by atoms with Crippen LogP contribution in [0.25, 0.3) is 0 Å². The van der Waals surface area contributed by atoms with Crippen LogP contribution >= 0.6 is 0 Å². The van der Waals surface area contributed by atoms with E-state index in [-0.39, 0.29) is 17.1 Å². The number of rotatable bonds is 4. The summed E-state index contributed by atoms with van der Waals surface area (Å²) in [5, 5.41) is 0. The Kier molecular flexibility index (Phi) is 6.03. The van der Waals surface area contributed by atoms with Crippen LogP contribution in [-0.4, -0.2) is 62.7 Å². The maximum atomic E-state index is 13.3. The third-order valence-corrected chi connectivity index (χ3v) is 8.51. The predicted molar refractivity (Wildman–Crippen MR) is 119 cm³/mol. The minimum atomic E-state index is -3.68. The maximum Gasteiger partial charge on any atom is 0.253 e. The molecule has 0 saturated carbocycles. The second-order valence-corrected chi connectivity index (χ2v) is 10.6. The Balaban J connectivity index is 1.28. The molecule has 0 unspecified atom stereocenters. The lowest BCUT2D eigenvalue weighted by molar-refractivity contribution is -0.0956. The van der Waals surface area contributed by atoms with Gasteiger partial charge >= 0.3 is 0 Å². The highest BCUT2D eigenvalue weighted by molar-refractivity contribution is 7.89. The summed E-state index contributed by atoms with van der Waals surface area (Å²) in [4.78, 5) is 15.1. The second-order valence-electron chi connectivity index (χ2n) is 8.62. The van der Waals surface area contributed by atoms with Crippen LogP contribution in [0.15, 0.2) is 53.4 Å². The fourth-order valence-electron chi connectivity index (χ4n) is 4.82. The monoisotopic (exact) mass is 456 g/mol. The molecule has 8 heteroatoms. The number of ether oxygens (including phenoxy) is 2. The minimum Gasteiger partial charge on any atom is -0.350 e. The molecule has 0 radical (unpaired) electrons. The topological polar surface area (TPSA) is 76.2 Å². The van der Waals surface area contributed by atoms with Crippen molar-refractivity contribution in [3.63, 3.8) is 0 Å². The molecule has 2 aromatic carbocycles. The van der Waals surface area contributed by atoms with Gasteiger partial charge in [0.1, 0.15) is 0 Å². The number of benzene rings is 2. The third kappa shape index (κ3) is 4.20. The number of amides is 1. The van der Waals surface area contributed by atoms with E-state index in [2.05, 4.69) is 0 Å². The lowest BCUT2D eigenvalue weighted by Crippen LogP contribution is -2.41. The predicted octanol–water partition coefficient (Wildman–Crippen LogP) is 2.66. The highest BCUT2D eigenvalue weighted by Crippen LogP contribution is 2.28. The van der Waals surface area contributed by atoms with Gasteiger partial charge in [-0.1, -0.05) is 30.3 Å². The molecule has 0 N–H and O–H groups in total. The van der Waals surface area contributed by atoms with E-state index in [0.29, 0.717) is 57.3 Å². The van der Waals surface area contributed by atoms with Crippen molar-refractivity contribution in [2.24, 2.45) is 5.92 Å². The van der Waals surface area contributed by atoms with E-state index >= 15 is 0 Å². The van der Waals surface area contributed by atoms with Gasteiger partial charge in [0, 0.05) is 37.7 Å². The Bertz CT molecular complexity index is 1090. The Hall–Kier alpha value is -2.26. The van der Waals surface area contributed by atoms with Gasteiger partial charge in [0.2, 0.25) is 10.0 Å². The molecule has 0 atom stereocenters. The highest BCUT2D eigenvalue weighted by atomic mass is 32.2. The highest BCUT2D eigenvalue weighted by Gasteiger charge is 2.33. The van der Waals surface area contributed by atoms with Crippen molar-refractivity contribution < 1.29 is 22.7 Å². The van der Waals surface area contributed by atoms with Gasteiger partial charge in [0.05, 0.1) is 18.1 Å². The van der Waals surface area contributed by atoms with Crippen LogP contribution in [0.5, 0.6) is 0 Å². The number of carbonyl (C=O) groups excluding carboxylic acids is 1. The second kappa shape index (κ2) is 8.94. The Morgan fingerprint density at radius 2 is 1.62 bits per heavy atom. The molecule has 3 heterocycles. The van der Waals surface area contributed by atoms with E-state index in [0.717, 1.165) is 18.4 Å². The lowest BCUT2D eigenvalue weighted by atomic mass is 9.95. The van der Waals surface area contributed by atoms with Gasteiger partial charge in [-0.15, -0.1) is 0 Å². The summed E-state index contributed by atoms with van der Waals surface area (Å²) in [6.45, 7) is 3.30. The largest absolute Gasteiger partial charge is 0.350 e. The van der Waals surface area contributed by atoms with Gasteiger partial charge in [0.15, 0.2) is 6.29 Å². The Morgan fingerprint density at radius 1 is 0.906 bits per heavy atom. The standard InChI is InChI=1S/C24H28N2O5S/c27-23(25-11-8-19(9-12-25)24-30-14-15-31-24)20-6-3-7-22(16-20)32(28,29)26-13-10-18-4-1-2-5-21(18)17-26/h1-7,16,19,24H,8-15,17H2. The van der Waals surface area contributed by atoms with Crippen molar-refractivity contribution in [2.75, 3.05) is 32.8 Å². The number of fused-ring (bicyclic) bond motifs is 1. The van der Waals surface area contributed by atoms with E-state index in [1.54, 1.807) is 23.1 Å². The fourth-order valence-corrected chi connectivity index (χ4v) is 6.29. The molecule has 7 nitrogen and oxygen atoms in total. The van der Waals surface area contributed by atoms with Gasteiger partial charge in [-0.2, -0.15) is 4.31 Å². The molecule has 0 bridgehead atoms. The van der Waals surface area contributed by atoms with E-state index in [9.17, 15) is 13.2 Å². The van der Waals surface area contributed by atoms with Crippen LogP contribution in [0.2, 0.25) is 0 Å². The number of carbonyl (C=O) groups is 1. The molecule has 2 aromatic rings. The Labute approximate surface area is 189 Å². The number of hydrogen-bond acceptors (Lipinski definition) is 5. The molecule has 32 heavy (non-hydrogen) atoms. The summed E-state index contributed by atoms with van der Waals surface area (Å²) in [7, 11) is -3.68. The molecular formula is C24H28N2O5S. The number of hydrogen-bond donors (Lipinski definition) is 0. The first-order chi connectivity index (χ1) is 15.5. The summed E-state index contributed by atoms with van der Waals surface area (Å²) in [6.07, 6.45) is 2.18. The molecule has 1 amide bonds. The van der Waals surface area contributed by atoms with Crippen LogP contribution in [0.3, 0.4) is 0 Å². The van der Waals surface area contributed by atoms with E-state index in [1.165, 1.54) is 15.9 Å². The van der Waals surface area contributed by atoms with Gasteiger partial charge in [0.25, 0.3) is 5.91 Å². The van der Waals surface area contributed by atoms with Crippen LogP contribution in [-0.2, 0) is 32.5 Å². The quantitative estimate of drug-likeness (QED) is 0.707. The normalized spacial score (nSPS) is 20.9. The molecule has 3 aliphatic rings. The van der Waals surface area contributed by atoms with Crippen molar-refractivity contribution >= 4 is 15.9 Å². The van der Waals surface area contributed by atoms with Crippen molar-refractivity contribution in [3.8, 4) is 0 Å². The summed E-state index contributed by atoms with van der Waals surface area (Å²) in [6, 6.07) is 14.4. The van der Waals surface area contributed by atoms with Gasteiger partial charge in [-0.05, 0) is 48.6 Å². The molecule has 0 spiro atoms. The third-order valence-electron chi connectivity index (χ3n) is 6.67. The van der Waals surface area contributed by atoms with Crippen molar-refractivity contribution in [1.29, 1.82) is 0 Å². The smallest absolute Gasteiger partial charge is 0.253 e. The molecule has 170 valence electrons. The summed E-state index contributed by atoms with van der Waals surface area (Å²) in [5.41, 5.74) is 2.64. The summed E-state index contributed by atoms with van der Waals surface area (Å²) in [5.74, 6) is 0.174. The molecule has 3 aliphatic heterocycles. The summed E-state index contributed by atoms with van der Waals surface area (Å²) < 4.78 is 39.3. The molecule has 0 aromatic heterocycles. The van der Waals surface area contributed by atoms with E-state index < -0.39 is 10.0 Å². The van der Waals surface area contributed by atoms with Crippen LogP contribution in [0, 0.1) is 5.92 Å². The van der Waals surface area contributed by atoms with Crippen molar-refractivity contribution in [1.82, 2.24) is 9.21 Å². The maximum absolute atomic E-state index is 13.3. The zero-order chi connectivity index (χ0) is 22.1. The number of sulfonamides is 1.